The first-order valence-corrected chi connectivity index (χ1v) is 10.8. The van der Waals surface area contributed by atoms with Crippen molar-refractivity contribution >= 4 is 11.6 Å². The Morgan fingerprint density at radius 1 is 1.11 bits per heavy atom. The predicted octanol–water partition coefficient (Wildman–Crippen LogP) is 2.21. The molecule has 0 unspecified atom stereocenters. The Morgan fingerprint density at radius 2 is 1.68 bits per heavy atom. The molecule has 4 aliphatic carbocycles. The molecule has 1 amide bonds. The van der Waals surface area contributed by atoms with Gasteiger partial charge < -0.3 is 9.80 Å². The lowest BCUT2D eigenvalue weighted by Crippen LogP contribution is -3.23. The summed E-state index contributed by atoms with van der Waals surface area (Å²) in [6, 6.07) is 4.85. The van der Waals surface area contributed by atoms with E-state index in [0.29, 0.717) is 16.7 Å². The van der Waals surface area contributed by atoms with E-state index in [1.807, 2.05) is 4.90 Å². The van der Waals surface area contributed by atoms with Crippen LogP contribution in [0.5, 0.6) is 0 Å². The highest BCUT2D eigenvalue weighted by molar-refractivity contribution is 5.95. The normalized spacial score (nSPS) is 34.6. The number of nitro groups is 1. The number of piperazine rings is 1. The molecule has 1 heterocycles. The highest BCUT2D eigenvalue weighted by atomic mass is 16.6. The van der Waals surface area contributed by atoms with Crippen molar-refractivity contribution in [1.82, 2.24) is 4.90 Å². The average molecular weight is 385 g/mol. The van der Waals surface area contributed by atoms with E-state index in [2.05, 4.69) is 0 Å². The minimum Gasteiger partial charge on any atom is -0.327 e. The number of aryl methyl sites for hydroxylation is 1. The summed E-state index contributed by atoms with van der Waals surface area (Å²) in [4.78, 5) is 27.4. The number of nitrogens with zero attached hydrogens (tertiary/aromatic N) is 2. The number of benzene rings is 1. The van der Waals surface area contributed by atoms with Crippen molar-refractivity contribution in [3.8, 4) is 0 Å². The smallest absolute Gasteiger partial charge is 0.273 e. The van der Waals surface area contributed by atoms with Gasteiger partial charge in [0.25, 0.3) is 11.6 Å². The van der Waals surface area contributed by atoms with Gasteiger partial charge >= 0.3 is 0 Å². The van der Waals surface area contributed by atoms with Gasteiger partial charge in [-0.1, -0.05) is 6.07 Å². The van der Waals surface area contributed by atoms with Gasteiger partial charge in [-0.05, 0) is 50.0 Å². The SMILES string of the molecule is Cc1ccc(C(=O)N2CC[NH+](C34CC5CC(CC(C5)C3)C4)CC2)cc1[N+](=O)[O-]. The van der Waals surface area contributed by atoms with Crippen molar-refractivity contribution in [2.45, 2.75) is 51.0 Å². The number of nitro benzene ring substituents is 1. The first-order chi connectivity index (χ1) is 13.4. The number of carbonyl (C=O) groups is 1. The minimum atomic E-state index is -0.402. The monoisotopic (exact) mass is 384 g/mol. The molecule has 5 aliphatic rings. The molecule has 1 aliphatic heterocycles. The topological polar surface area (TPSA) is 67.9 Å². The van der Waals surface area contributed by atoms with Gasteiger partial charge in [-0.3, -0.25) is 14.9 Å². The lowest BCUT2D eigenvalue weighted by atomic mass is 9.52. The van der Waals surface area contributed by atoms with Crippen LogP contribution in [-0.2, 0) is 0 Å². The summed E-state index contributed by atoms with van der Waals surface area (Å²) in [6.07, 6.45) is 8.57. The Kier molecular flexibility index (Phi) is 4.23. The maximum Gasteiger partial charge on any atom is 0.273 e. The molecular weight excluding hydrogens is 354 g/mol. The Bertz CT molecular complexity index is 778. The van der Waals surface area contributed by atoms with Crippen LogP contribution in [0.1, 0.15) is 54.4 Å². The van der Waals surface area contributed by atoms with Crippen LogP contribution in [0.3, 0.4) is 0 Å². The fourth-order valence-corrected chi connectivity index (χ4v) is 7.18. The quantitative estimate of drug-likeness (QED) is 0.642. The molecule has 28 heavy (non-hydrogen) atoms. The van der Waals surface area contributed by atoms with E-state index in [4.69, 9.17) is 0 Å². The molecule has 4 bridgehead atoms. The number of nitrogens with one attached hydrogen (secondary N) is 1. The van der Waals surface area contributed by atoms with Crippen LogP contribution in [0.15, 0.2) is 18.2 Å². The van der Waals surface area contributed by atoms with Crippen LogP contribution in [0.4, 0.5) is 5.69 Å². The molecule has 1 N–H and O–H groups in total. The fourth-order valence-electron chi connectivity index (χ4n) is 7.18. The maximum absolute atomic E-state index is 12.9. The molecule has 1 aromatic rings. The van der Waals surface area contributed by atoms with Gasteiger partial charge in [0.05, 0.1) is 36.6 Å². The standard InChI is InChI=1S/C22H29N3O3/c1-15-2-3-19(11-20(15)25(27)28)21(26)23-4-6-24(7-5-23)22-12-16-8-17(13-22)10-18(9-16)14-22/h2-3,11,16-18H,4-10,12-14H2,1H3/p+1. The van der Waals surface area contributed by atoms with E-state index in [0.717, 1.165) is 43.9 Å². The van der Waals surface area contributed by atoms with Crippen molar-refractivity contribution in [2.24, 2.45) is 17.8 Å². The Morgan fingerprint density at radius 3 is 2.21 bits per heavy atom. The fraction of sp³-hybridized carbons (Fsp3) is 0.682. The highest BCUT2D eigenvalue weighted by Gasteiger charge is 2.56. The first kappa shape index (κ1) is 18.1. The van der Waals surface area contributed by atoms with Gasteiger partial charge in [-0.25, -0.2) is 0 Å². The zero-order valence-corrected chi connectivity index (χ0v) is 16.7. The van der Waals surface area contributed by atoms with Crippen LogP contribution in [-0.4, -0.2) is 47.4 Å². The zero-order valence-electron chi connectivity index (χ0n) is 16.7. The number of quaternary nitrogens is 1. The lowest BCUT2D eigenvalue weighted by molar-refractivity contribution is -0.962. The first-order valence-electron chi connectivity index (χ1n) is 10.8. The lowest BCUT2D eigenvalue weighted by Gasteiger charge is -2.59. The van der Waals surface area contributed by atoms with Crippen molar-refractivity contribution in [3.63, 3.8) is 0 Å². The second-order valence-electron chi connectivity index (χ2n) is 9.85. The largest absolute Gasteiger partial charge is 0.327 e. The van der Waals surface area contributed by atoms with E-state index in [9.17, 15) is 14.9 Å². The van der Waals surface area contributed by atoms with Crippen LogP contribution >= 0.6 is 0 Å². The van der Waals surface area contributed by atoms with Crippen molar-refractivity contribution in [3.05, 3.63) is 39.4 Å². The van der Waals surface area contributed by atoms with Crippen molar-refractivity contribution < 1.29 is 14.6 Å². The van der Waals surface area contributed by atoms with Crippen molar-refractivity contribution in [2.75, 3.05) is 26.2 Å². The molecule has 0 spiro atoms. The molecule has 6 heteroatoms. The number of amides is 1. The number of carbonyl (C=O) groups excluding carboxylic acids is 1. The van der Waals surface area contributed by atoms with Crippen LogP contribution < -0.4 is 4.90 Å². The molecule has 5 fully saturated rings. The summed E-state index contributed by atoms with van der Waals surface area (Å²) in [5, 5.41) is 11.2. The van der Waals surface area contributed by atoms with E-state index < -0.39 is 4.92 Å². The third-order valence-corrected chi connectivity index (χ3v) is 8.10. The maximum atomic E-state index is 12.9. The van der Waals surface area contributed by atoms with E-state index >= 15 is 0 Å². The molecule has 6 nitrogen and oxygen atoms in total. The minimum absolute atomic E-state index is 0.0312. The molecule has 150 valence electrons. The summed E-state index contributed by atoms with van der Waals surface area (Å²) in [7, 11) is 0. The molecule has 1 saturated heterocycles. The molecule has 1 aromatic carbocycles. The van der Waals surface area contributed by atoms with Crippen LogP contribution in [0, 0.1) is 34.8 Å². The summed E-state index contributed by atoms with van der Waals surface area (Å²) >= 11 is 0. The average Bonchev–Trinajstić information content (AvgIpc) is 2.67. The summed E-state index contributed by atoms with van der Waals surface area (Å²) in [5.41, 5.74) is 1.55. The zero-order chi connectivity index (χ0) is 19.5. The van der Waals surface area contributed by atoms with Gasteiger partial charge in [0.1, 0.15) is 0 Å². The molecule has 6 rings (SSSR count). The highest BCUT2D eigenvalue weighted by Crippen LogP contribution is 2.54. The van der Waals surface area contributed by atoms with E-state index in [-0.39, 0.29) is 11.6 Å². The third kappa shape index (κ3) is 2.93. The van der Waals surface area contributed by atoms with Crippen LogP contribution in [0.25, 0.3) is 0 Å². The van der Waals surface area contributed by atoms with Gasteiger partial charge in [-0.2, -0.15) is 0 Å². The van der Waals surface area contributed by atoms with Crippen molar-refractivity contribution in [1.29, 1.82) is 0 Å². The third-order valence-electron chi connectivity index (χ3n) is 8.10. The van der Waals surface area contributed by atoms with Gasteiger partial charge in [0, 0.05) is 36.5 Å². The Hall–Kier alpha value is -1.95. The predicted molar refractivity (Wildman–Crippen MR) is 105 cm³/mol. The van der Waals surface area contributed by atoms with Gasteiger partial charge in [0.15, 0.2) is 0 Å². The number of rotatable bonds is 3. The summed E-state index contributed by atoms with van der Waals surface area (Å²) in [6.45, 7) is 5.27. The molecule has 0 atom stereocenters. The second-order valence-corrected chi connectivity index (χ2v) is 9.85. The molecule has 0 aromatic heterocycles. The molecular formula is C22H30N3O3+. The van der Waals surface area contributed by atoms with Gasteiger partial charge in [-0.15, -0.1) is 0 Å². The summed E-state index contributed by atoms with van der Waals surface area (Å²) < 4.78 is 0. The Labute approximate surface area is 166 Å². The molecule has 0 radical (unpaired) electrons. The Balaban J connectivity index is 1.27. The summed E-state index contributed by atoms with van der Waals surface area (Å²) in [5.74, 6) is 2.79. The van der Waals surface area contributed by atoms with E-state index in [1.54, 1.807) is 24.0 Å². The number of hydrogen-bond donors (Lipinski definition) is 1. The second kappa shape index (κ2) is 6.55. The van der Waals surface area contributed by atoms with Gasteiger partial charge in [0.2, 0.25) is 0 Å². The van der Waals surface area contributed by atoms with E-state index in [1.165, 1.54) is 44.6 Å². The van der Waals surface area contributed by atoms with Crippen LogP contribution in [0.2, 0.25) is 0 Å². The molecule has 4 saturated carbocycles. The number of hydrogen-bond acceptors (Lipinski definition) is 3.